The van der Waals surface area contributed by atoms with Gasteiger partial charge in [0.15, 0.2) is 0 Å². The lowest BCUT2D eigenvalue weighted by atomic mass is 10.2. The molecule has 0 fully saturated rings. The Hall–Kier alpha value is -1.43. The van der Waals surface area contributed by atoms with E-state index in [1.165, 1.54) is 4.57 Å². The number of H-pyrrole nitrogens is 1. The van der Waals surface area contributed by atoms with Crippen molar-refractivity contribution in [3.05, 3.63) is 27.8 Å². The summed E-state index contributed by atoms with van der Waals surface area (Å²) in [6, 6.07) is 0.766. The Morgan fingerprint density at radius 2 is 2.19 bits per heavy atom. The number of imidazole rings is 1. The molecule has 2 heterocycles. The van der Waals surface area contributed by atoms with Crippen LogP contribution < -0.4 is 5.56 Å². The van der Waals surface area contributed by atoms with E-state index >= 15 is 0 Å². The smallest absolute Gasteiger partial charge is 0.318 e. The summed E-state index contributed by atoms with van der Waals surface area (Å²) in [5.74, 6) is 0.513. The second-order valence-corrected chi connectivity index (χ2v) is 3.93. The Morgan fingerprint density at radius 3 is 2.75 bits per heavy atom. The zero-order valence-electron chi connectivity index (χ0n) is 8.51. The van der Waals surface area contributed by atoms with Crippen LogP contribution in [0.2, 0.25) is 0 Å². The van der Waals surface area contributed by atoms with Crippen LogP contribution in [0.4, 0.5) is 8.78 Å². The molecule has 0 spiro atoms. The third-order valence-corrected chi connectivity index (χ3v) is 2.60. The van der Waals surface area contributed by atoms with Gasteiger partial charge in [0.1, 0.15) is 17.0 Å². The molecule has 2 rings (SSSR count). The van der Waals surface area contributed by atoms with Crippen molar-refractivity contribution < 1.29 is 8.78 Å². The second-order valence-electron chi connectivity index (χ2n) is 3.46. The molecule has 4 nitrogen and oxygen atoms in total. The van der Waals surface area contributed by atoms with E-state index in [-0.39, 0.29) is 11.2 Å². The summed E-state index contributed by atoms with van der Waals surface area (Å²) in [5, 5.41) is -3.60. The predicted molar refractivity (Wildman–Crippen MR) is 55.8 cm³/mol. The topological polar surface area (TPSA) is 50.7 Å². The maximum Gasteiger partial charge on any atom is 0.350 e. The quantitative estimate of drug-likeness (QED) is 0.782. The van der Waals surface area contributed by atoms with Crippen LogP contribution >= 0.6 is 11.6 Å². The van der Waals surface area contributed by atoms with Gasteiger partial charge in [0.2, 0.25) is 5.56 Å². The number of hydrogen-bond donors (Lipinski definition) is 1. The highest BCUT2D eigenvalue weighted by Crippen LogP contribution is 2.35. The second kappa shape index (κ2) is 3.28. The van der Waals surface area contributed by atoms with E-state index in [2.05, 4.69) is 9.97 Å². The van der Waals surface area contributed by atoms with E-state index in [1.807, 2.05) is 0 Å². The Bertz CT molecular complexity index is 611. The van der Waals surface area contributed by atoms with Gasteiger partial charge < -0.3 is 9.55 Å². The van der Waals surface area contributed by atoms with E-state index < -0.39 is 16.5 Å². The summed E-state index contributed by atoms with van der Waals surface area (Å²) in [6.45, 7) is 1.65. The van der Waals surface area contributed by atoms with Crippen LogP contribution in [0.3, 0.4) is 0 Å². The largest absolute Gasteiger partial charge is 0.350 e. The Labute approximate surface area is 93.9 Å². The molecule has 7 heteroatoms. The molecule has 0 saturated carbocycles. The maximum atomic E-state index is 13.1. The van der Waals surface area contributed by atoms with Gasteiger partial charge in [-0.05, 0) is 18.5 Å². The Balaban J connectivity index is 2.95. The molecule has 0 saturated heterocycles. The van der Waals surface area contributed by atoms with Gasteiger partial charge in [-0.2, -0.15) is 8.78 Å². The molecule has 1 N–H and O–H groups in total. The van der Waals surface area contributed by atoms with Crippen molar-refractivity contribution in [3.8, 4) is 0 Å². The van der Waals surface area contributed by atoms with Crippen LogP contribution in [0.5, 0.6) is 0 Å². The molecule has 0 aliphatic rings. The van der Waals surface area contributed by atoms with Gasteiger partial charge in [0.05, 0.1) is 5.56 Å². The van der Waals surface area contributed by atoms with Gasteiger partial charge in [-0.25, -0.2) is 4.98 Å². The molecule has 0 aliphatic carbocycles. The molecule has 16 heavy (non-hydrogen) atoms. The molecule has 0 atom stereocenters. The number of pyridine rings is 1. The lowest BCUT2D eigenvalue weighted by Gasteiger charge is -2.07. The third kappa shape index (κ3) is 1.59. The summed E-state index contributed by atoms with van der Waals surface area (Å²) in [5.41, 5.74) is -0.956. The molecule has 0 bridgehead atoms. The summed E-state index contributed by atoms with van der Waals surface area (Å²) >= 11 is 4.94. The number of halogens is 3. The molecular weight excluding hydrogens is 240 g/mol. The number of fused-ring (bicyclic) bond motifs is 1. The summed E-state index contributed by atoms with van der Waals surface area (Å²) < 4.78 is 27.7. The van der Waals surface area contributed by atoms with Crippen LogP contribution in [0.1, 0.15) is 11.4 Å². The van der Waals surface area contributed by atoms with Gasteiger partial charge in [-0.1, -0.05) is 0 Å². The van der Waals surface area contributed by atoms with Crippen molar-refractivity contribution in [2.75, 3.05) is 0 Å². The van der Waals surface area contributed by atoms with E-state index in [0.717, 1.165) is 6.07 Å². The number of aromatic amines is 1. The number of aromatic nitrogens is 3. The minimum Gasteiger partial charge on any atom is -0.318 e. The average molecular weight is 248 g/mol. The first-order valence-corrected chi connectivity index (χ1v) is 4.82. The van der Waals surface area contributed by atoms with Crippen LogP contribution in [0.25, 0.3) is 11.2 Å². The fourth-order valence-electron chi connectivity index (χ4n) is 1.51. The molecule has 2 aromatic heterocycles. The van der Waals surface area contributed by atoms with Crippen LogP contribution in [0.15, 0.2) is 10.9 Å². The number of alkyl halides is 3. The zero-order valence-corrected chi connectivity index (χ0v) is 9.27. The predicted octanol–water partition coefficient (Wildman–Crippen LogP) is 1.86. The minimum absolute atomic E-state index is 0.0135. The molecule has 86 valence electrons. The highest BCUT2D eigenvalue weighted by molar-refractivity contribution is 6.22. The summed E-state index contributed by atoms with van der Waals surface area (Å²) in [4.78, 5) is 17.6. The first kappa shape index (κ1) is 11.1. The number of nitrogens with zero attached hydrogens (tertiary/aromatic N) is 2. The Morgan fingerprint density at radius 1 is 1.56 bits per heavy atom. The van der Waals surface area contributed by atoms with Crippen LogP contribution in [-0.4, -0.2) is 14.5 Å². The van der Waals surface area contributed by atoms with Gasteiger partial charge >= 0.3 is 5.38 Å². The highest BCUT2D eigenvalue weighted by atomic mass is 35.5. The molecule has 0 amide bonds. The van der Waals surface area contributed by atoms with Crippen molar-refractivity contribution in [1.82, 2.24) is 14.5 Å². The van der Waals surface area contributed by atoms with Crippen molar-refractivity contribution in [3.63, 3.8) is 0 Å². The van der Waals surface area contributed by atoms with E-state index in [4.69, 9.17) is 11.6 Å². The average Bonchev–Trinajstić information content (AvgIpc) is 2.42. The van der Waals surface area contributed by atoms with E-state index in [1.54, 1.807) is 14.0 Å². The van der Waals surface area contributed by atoms with Gasteiger partial charge in [0, 0.05) is 13.1 Å². The minimum atomic E-state index is -3.60. The number of rotatable bonds is 1. The van der Waals surface area contributed by atoms with Crippen LogP contribution in [0, 0.1) is 6.92 Å². The van der Waals surface area contributed by atoms with E-state index in [0.29, 0.717) is 5.82 Å². The number of nitrogens with one attached hydrogen (secondary N) is 1. The van der Waals surface area contributed by atoms with Crippen molar-refractivity contribution in [1.29, 1.82) is 0 Å². The normalized spacial score (nSPS) is 12.3. The highest BCUT2D eigenvalue weighted by Gasteiger charge is 2.32. The van der Waals surface area contributed by atoms with Crippen molar-refractivity contribution in [2.24, 2.45) is 7.05 Å². The maximum absolute atomic E-state index is 13.1. The molecule has 0 aliphatic heterocycles. The first-order chi connectivity index (χ1) is 7.30. The molecule has 0 radical (unpaired) electrons. The van der Waals surface area contributed by atoms with E-state index in [9.17, 15) is 13.6 Å². The first-order valence-electron chi connectivity index (χ1n) is 4.44. The SMILES string of the molecule is Cc1nc2c(C(F)(F)Cl)cc(=O)[nH]c2n1C. The fraction of sp³-hybridized carbons (Fsp3) is 0.333. The third-order valence-electron chi connectivity index (χ3n) is 2.40. The zero-order chi connectivity index (χ0) is 12.1. The number of hydrogen-bond acceptors (Lipinski definition) is 2. The van der Waals surface area contributed by atoms with Crippen LogP contribution in [-0.2, 0) is 12.4 Å². The summed E-state index contributed by atoms with van der Waals surface area (Å²) in [7, 11) is 1.62. The molecular formula is C9H8ClF2N3O. The monoisotopic (exact) mass is 247 g/mol. The Kier molecular flexibility index (Phi) is 2.27. The van der Waals surface area contributed by atoms with Gasteiger partial charge in [0.25, 0.3) is 0 Å². The lowest BCUT2D eigenvalue weighted by molar-refractivity contribution is 0.0965. The lowest BCUT2D eigenvalue weighted by Crippen LogP contribution is -2.13. The summed E-state index contributed by atoms with van der Waals surface area (Å²) in [6.07, 6.45) is 0. The number of aryl methyl sites for hydroxylation is 2. The molecule has 0 unspecified atom stereocenters. The van der Waals surface area contributed by atoms with Crippen molar-refractivity contribution >= 4 is 22.8 Å². The van der Waals surface area contributed by atoms with Crippen molar-refractivity contribution in [2.45, 2.75) is 12.3 Å². The molecule has 0 aromatic carbocycles. The van der Waals surface area contributed by atoms with Gasteiger partial charge in [-0.3, -0.25) is 4.79 Å². The fourth-order valence-corrected chi connectivity index (χ4v) is 1.65. The molecule has 2 aromatic rings. The standard InChI is InChI=1S/C9H8ClF2N3O/c1-4-13-7-5(9(10,11)12)3-6(16)14-8(7)15(4)2/h3H,1-2H3,(H,14,16). The van der Waals surface area contributed by atoms with Gasteiger partial charge in [-0.15, -0.1) is 0 Å².